The Morgan fingerprint density at radius 1 is 1.11 bits per heavy atom. The molecule has 2 aromatic carbocycles. The number of nitrogens with one attached hydrogen (secondary N) is 1. The number of carbonyl (C=O) groups is 2. The van der Waals surface area contributed by atoms with Crippen LogP contribution < -0.4 is 10.9 Å². The van der Waals surface area contributed by atoms with E-state index in [1.165, 1.54) is 6.07 Å². The van der Waals surface area contributed by atoms with E-state index < -0.39 is 17.6 Å². The van der Waals surface area contributed by atoms with Gasteiger partial charge in [-0.25, -0.2) is 9.59 Å². The number of hydrogen-bond acceptors (Lipinski definition) is 5. The van der Waals surface area contributed by atoms with Crippen LogP contribution in [0, 0.1) is 13.8 Å². The van der Waals surface area contributed by atoms with Crippen molar-refractivity contribution < 1.29 is 18.7 Å². The summed E-state index contributed by atoms with van der Waals surface area (Å²) in [5.74, 6) is -0.948. The number of esters is 1. The molecule has 3 rings (SSSR count). The van der Waals surface area contributed by atoms with Crippen LogP contribution in [0.1, 0.15) is 34.0 Å². The Hall–Kier alpha value is -3.41. The average Bonchev–Trinajstić information content (AvgIpc) is 2.69. The Bertz CT molecular complexity index is 1090. The third kappa shape index (κ3) is 4.11. The minimum Gasteiger partial charge on any atom is -0.459 e. The second kappa shape index (κ2) is 8.08. The number of hydrogen-bond donors (Lipinski definition) is 1. The van der Waals surface area contributed by atoms with E-state index in [4.69, 9.17) is 9.15 Å². The third-order valence-electron chi connectivity index (χ3n) is 4.62. The van der Waals surface area contributed by atoms with Gasteiger partial charge in [0.1, 0.15) is 18.2 Å². The van der Waals surface area contributed by atoms with Crippen LogP contribution in [0.5, 0.6) is 0 Å². The highest BCUT2D eigenvalue weighted by atomic mass is 16.5. The molecule has 1 N–H and O–H groups in total. The average molecular weight is 379 g/mol. The van der Waals surface area contributed by atoms with Crippen molar-refractivity contribution in [2.24, 2.45) is 0 Å². The summed E-state index contributed by atoms with van der Waals surface area (Å²) in [6.07, 6.45) is 0. The first-order valence-corrected chi connectivity index (χ1v) is 8.92. The topological polar surface area (TPSA) is 85.6 Å². The molecule has 0 aliphatic heterocycles. The van der Waals surface area contributed by atoms with Gasteiger partial charge in [-0.1, -0.05) is 30.3 Å². The number of carbonyl (C=O) groups excluding carboxylic acids is 2. The number of benzene rings is 2. The molecule has 6 nitrogen and oxygen atoms in total. The van der Waals surface area contributed by atoms with E-state index in [1.54, 1.807) is 37.3 Å². The fraction of sp³-hybridized carbons (Fsp3) is 0.227. The van der Waals surface area contributed by atoms with Gasteiger partial charge in [0.05, 0.1) is 0 Å². The van der Waals surface area contributed by atoms with E-state index in [9.17, 15) is 14.4 Å². The molecule has 28 heavy (non-hydrogen) atoms. The fourth-order valence-electron chi connectivity index (χ4n) is 2.85. The summed E-state index contributed by atoms with van der Waals surface area (Å²) in [7, 11) is 0. The summed E-state index contributed by atoms with van der Waals surface area (Å²) < 4.78 is 10.6. The largest absolute Gasteiger partial charge is 0.459 e. The lowest BCUT2D eigenvalue weighted by molar-refractivity contribution is -0.146. The summed E-state index contributed by atoms with van der Waals surface area (Å²) in [5, 5.41) is 3.32. The summed E-state index contributed by atoms with van der Waals surface area (Å²) >= 11 is 0. The normalized spacial score (nSPS) is 11.8. The molecule has 1 atom stereocenters. The van der Waals surface area contributed by atoms with E-state index >= 15 is 0 Å². The van der Waals surface area contributed by atoms with Crippen molar-refractivity contribution in [1.29, 1.82) is 0 Å². The molecule has 6 heteroatoms. The van der Waals surface area contributed by atoms with Crippen molar-refractivity contribution in [3.63, 3.8) is 0 Å². The van der Waals surface area contributed by atoms with Crippen molar-refractivity contribution in [2.75, 3.05) is 0 Å². The second-order valence-electron chi connectivity index (χ2n) is 6.64. The Labute approximate surface area is 162 Å². The first-order chi connectivity index (χ1) is 13.4. The summed E-state index contributed by atoms with van der Waals surface area (Å²) in [4.78, 5) is 36.3. The Morgan fingerprint density at radius 3 is 2.54 bits per heavy atom. The van der Waals surface area contributed by atoms with Gasteiger partial charge in [-0.05, 0) is 44.0 Å². The van der Waals surface area contributed by atoms with Crippen LogP contribution in [0.3, 0.4) is 0 Å². The number of rotatable bonds is 5. The summed E-state index contributed by atoms with van der Waals surface area (Å²) in [6.45, 7) is 5.26. The number of fused-ring (bicyclic) bond motifs is 1. The highest BCUT2D eigenvalue weighted by molar-refractivity contribution is 5.96. The minimum absolute atomic E-state index is 0.0883. The molecule has 0 spiro atoms. The molecule has 1 amide bonds. The maximum absolute atomic E-state index is 12.3. The SMILES string of the molecule is Cc1ccc2c(COC(=O)C(C)NC(=O)c3ccccc3)cc(=O)oc2c1C. The van der Waals surface area contributed by atoms with Crippen LogP contribution in [0.25, 0.3) is 11.0 Å². The summed E-state index contributed by atoms with van der Waals surface area (Å²) in [5.41, 5.74) is 2.87. The second-order valence-corrected chi connectivity index (χ2v) is 6.64. The predicted octanol–water partition coefficient (Wildman–Crippen LogP) is 3.27. The molecule has 3 aromatic rings. The maximum atomic E-state index is 12.3. The van der Waals surface area contributed by atoms with Crippen molar-refractivity contribution in [3.05, 3.63) is 81.2 Å². The lowest BCUT2D eigenvalue weighted by Crippen LogP contribution is -2.39. The molecule has 0 bridgehead atoms. The molecular weight excluding hydrogens is 358 g/mol. The van der Waals surface area contributed by atoms with E-state index in [2.05, 4.69) is 5.32 Å². The zero-order valence-corrected chi connectivity index (χ0v) is 15.9. The minimum atomic E-state index is -0.830. The zero-order valence-electron chi connectivity index (χ0n) is 15.9. The monoisotopic (exact) mass is 379 g/mol. The van der Waals surface area contributed by atoms with E-state index in [1.807, 2.05) is 26.0 Å². The third-order valence-corrected chi connectivity index (χ3v) is 4.62. The molecule has 0 fully saturated rings. The first kappa shape index (κ1) is 19.4. The number of amides is 1. The van der Waals surface area contributed by atoms with Gasteiger partial charge in [0, 0.05) is 22.6 Å². The van der Waals surface area contributed by atoms with Crippen LogP contribution in [0.4, 0.5) is 0 Å². The van der Waals surface area contributed by atoms with Crippen LogP contribution in [-0.4, -0.2) is 17.9 Å². The molecule has 0 aliphatic rings. The van der Waals surface area contributed by atoms with E-state index in [0.717, 1.165) is 16.5 Å². The van der Waals surface area contributed by atoms with Crippen LogP contribution in [-0.2, 0) is 16.1 Å². The Kier molecular flexibility index (Phi) is 5.59. The van der Waals surface area contributed by atoms with Gasteiger partial charge < -0.3 is 14.5 Å². The van der Waals surface area contributed by atoms with Crippen LogP contribution >= 0.6 is 0 Å². The maximum Gasteiger partial charge on any atom is 0.336 e. The number of ether oxygens (including phenoxy) is 1. The molecule has 1 aromatic heterocycles. The molecule has 1 heterocycles. The molecule has 0 radical (unpaired) electrons. The molecular formula is C22H21NO5. The molecule has 0 saturated heterocycles. The quantitative estimate of drug-likeness (QED) is 0.543. The van der Waals surface area contributed by atoms with E-state index in [-0.39, 0.29) is 12.5 Å². The highest BCUT2D eigenvalue weighted by Gasteiger charge is 2.19. The van der Waals surface area contributed by atoms with Crippen molar-refractivity contribution in [2.45, 2.75) is 33.4 Å². The van der Waals surface area contributed by atoms with Gasteiger partial charge in [0.15, 0.2) is 0 Å². The van der Waals surface area contributed by atoms with Crippen LogP contribution in [0.2, 0.25) is 0 Å². The van der Waals surface area contributed by atoms with Gasteiger partial charge in [0.25, 0.3) is 5.91 Å². The number of aryl methyl sites for hydroxylation is 2. The fourth-order valence-corrected chi connectivity index (χ4v) is 2.85. The lowest BCUT2D eigenvalue weighted by atomic mass is 10.0. The van der Waals surface area contributed by atoms with Gasteiger partial charge in [0.2, 0.25) is 0 Å². The van der Waals surface area contributed by atoms with Crippen molar-refractivity contribution in [1.82, 2.24) is 5.32 Å². The van der Waals surface area contributed by atoms with Gasteiger partial charge in [-0.2, -0.15) is 0 Å². The Morgan fingerprint density at radius 2 is 1.82 bits per heavy atom. The highest BCUT2D eigenvalue weighted by Crippen LogP contribution is 2.23. The van der Waals surface area contributed by atoms with E-state index in [0.29, 0.717) is 16.7 Å². The van der Waals surface area contributed by atoms with Crippen molar-refractivity contribution >= 4 is 22.8 Å². The first-order valence-electron chi connectivity index (χ1n) is 8.92. The molecule has 0 saturated carbocycles. The molecule has 144 valence electrons. The van der Waals surface area contributed by atoms with Gasteiger partial charge in [-0.15, -0.1) is 0 Å². The van der Waals surface area contributed by atoms with Gasteiger partial charge in [-0.3, -0.25) is 4.79 Å². The lowest BCUT2D eigenvalue weighted by Gasteiger charge is -2.14. The predicted molar refractivity (Wildman–Crippen MR) is 105 cm³/mol. The van der Waals surface area contributed by atoms with Crippen LogP contribution in [0.15, 0.2) is 57.7 Å². The smallest absolute Gasteiger partial charge is 0.336 e. The van der Waals surface area contributed by atoms with Crippen molar-refractivity contribution in [3.8, 4) is 0 Å². The van der Waals surface area contributed by atoms with Gasteiger partial charge >= 0.3 is 11.6 Å². The standard InChI is InChI=1S/C22H21NO5/c1-13-9-10-18-17(11-19(24)28-20(18)14(13)2)12-27-22(26)15(3)23-21(25)16-7-5-4-6-8-16/h4-11,15H,12H2,1-3H3,(H,23,25). The molecule has 0 aliphatic carbocycles. The summed E-state index contributed by atoms with van der Waals surface area (Å²) in [6, 6.07) is 12.9. The molecule has 1 unspecified atom stereocenters. The Balaban J connectivity index is 1.71. The zero-order chi connectivity index (χ0) is 20.3.